The van der Waals surface area contributed by atoms with Gasteiger partial charge in [-0.15, -0.1) is 0 Å². The van der Waals surface area contributed by atoms with Crippen molar-refractivity contribution in [3.8, 4) is 5.88 Å². The van der Waals surface area contributed by atoms with E-state index in [1.165, 1.54) is 19.2 Å². The summed E-state index contributed by atoms with van der Waals surface area (Å²) in [4.78, 5) is 17.2. The van der Waals surface area contributed by atoms with Gasteiger partial charge in [0.25, 0.3) is 0 Å². The first kappa shape index (κ1) is 16.0. The lowest BCUT2D eigenvalue weighted by Crippen LogP contribution is -2.23. The van der Waals surface area contributed by atoms with E-state index in [0.29, 0.717) is 31.3 Å². The number of carbonyl (C=O) groups excluding carboxylic acids is 1. The van der Waals surface area contributed by atoms with E-state index in [1.807, 2.05) is 24.3 Å². The van der Waals surface area contributed by atoms with E-state index in [1.54, 1.807) is 4.90 Å². The molecule has 1 aromatic heterocycles. The lowest BCUT2D eigenvalue weighted by Gasteiger charge is -2.13. The highest BCUT2D eigenvalue weighted by Crippen LogP contribution is 2.16. The van der Waals surface area contributed by atoms with Gasteiger partial charge in [0.05, 0.1) is 25.9 Å². The van der Waals surface area contributed by atoms with Crippen LogP contribution in [0.15, 0.2) is 36.4 Å². The van der Waals surface area contributed by atoms with E-state index in [2.05, 4.69) is 10.3 Å². The lowest BCUT2D eigenvalue weighted by molar-refractivity contribution is 0.157. The molecule has 24 heavy (non-hydrogen) atoms. The average Bonchev–Trinajstić information content (AvgIpc) is 3.00. The summed E-state index contributed by atoms with van der Waals surface area (Å²) in [5, 5.41) is 3.12. The Kier molecular flexibility index (Phi) is 4.79. The van der Waals surface area contributed by atoms with Gasteiger partial charge in [-0.1, -0.05) is 12.1 Å². The molecule has 1 aromatic carbocycles. The first-order valence-corrected chi connectivity index (χ1v) is 7.59. The van der Waals surface area contributed by atoms with Crippen molar-refractivity contribution >= 4 is 11.8 Å². The standard InChI is InChI=1S/C17H18FN3O3/c1-23-16-7-6-14(18)15(20-16)10-19-13-4-2-12(3-5-13)11-21-8-9-24-17(21)22/h2-7,19H,8-11H2,1H3. The van der Waals surface area contributed by atoms with Crippen LogP contribution in [0.1, 0.15) is 11.3 Å². The molecule has 0 saturated carbocycles. The number of aromatic nitrogens is 1. The summed E-state index contributed by atoms with van der Waals surface area (Å²) in [5.74, 6) is -0.00601. The molecule has 1 amide bonds. The van der Waals surface area contributed by atoms with E-state index < -0.39 is 0 Å². The molecule has 0 atom stereocenters. The second-order valence-corrected chi connectivity index (χ2v) is 5.37. The third-order valence-electron chi connectivity index (χ3n) is 3.73. The van der Waals surface area contributed by atoms with Crippen LogP contribution in [0, 0.1) is 5.82 Å². The minimum absolute atomic E-state index is 0.251. The zero-order chi connectivity index (χ0) is 16.9. The normalized spacial score (nSPS) is 13.8. The lowest BCUT2D eigenvalue weighted by atomic mass is 10.2. The van der Waals surface area contributed by atoms with Gasteiger partial charge in [0.2, 0.25) is 5.88 Å². The fraction of sp³-hybridized carbons (Fsp3) is 0.294. The van der Waals surface area contributed by atoms with E-state index in [4.69, 9.17) is 9.47 Å². The van der Waals surface area contributed by atoms with Gasteiger partial charge in [-0.05, 0) is 23.8 Å². The smallest absolute Gasteiger partial charge is 0.410 e. The summed E-state index contributed by atoms with van der Waals surface area (Å²) >= 11 is 0. The highest BCUT2D eigenvalue weighted by Gasteiger charge is 2.21. The molecule has 6 nitrogen and oxygen atoms in total. The van der Waals surface area contributed by atoms with Crippen molar-refractivity contribution in [2.24, 2.45) is 0 Å². The Morgan fingerprint density at radius 2 is 2.08 bits per heavy atom. The number of nitrogens with one attached hydrogen (secondary N) is 1. The minimum atomic E-state index is -0.382. The molecular formula is C17H18FN3O3. The summed E-state index contributed by atoms with van der Waals surface area (Å²) in [6, 6.07) is 10.4. The van der Waals surface area contributed by atoms with Crippen molar-refractivity contribution in [3.63, 3.8) is 0 Å². The van der Waals surface area contributed by atoms with Gasteiger partial charge in [-0.2, -0.15) is 0 Å². The second kappa shape index (κ2) is 7.16. The summed E-state index contributed by atoms with van der Waals surface area (Å²) < 4.78 is 23.6. The number of pyridine rings is 1. The van der Waals surface area contributed by atoms with Crippen LogP contribution in [0.25, 0.3) is 0 Å². The highest BCUT2D eigenvalue weighted by molar-refractivity contribution is 5.69. The molecule has 1 saturated heterocycles. The molecule has 1 fully saturated rings. The molecule has 3 rings (SSSR count). The summed E-state index contributed by atoms with van der Waals surface area (Å²) in [5.41, 5.74) is 2.13. The number of benzene rings is 1. The number of carbonyl (C=O) groups is 1. The van der Waals surface area contributed by atoms with Crippen LogP contribution in [-0.4, -0.2) is 36.2 Å². The average molecular weight is 331 g/mol. The van der Waals surface area contributed by atoms with Crippen molar-refractivity contribution in [1.82, 2.24) is 9.88 Å². The predicted molar refractivity (Wildman–Crippen MR) is 86.3 cm³/mol. The topological polar surface area (TPSA) is 63.7 Å². The Labute approximate surface area is 139 Å². The molecule has 2 aromatic rings. The van der Waals surface area contributed by atoms with Crippen LogP contribution < -0.4 is 10.1 Å². The third kappa shape index (κ3) is 3.73. The van der Waals surface area contributed by atoms with E-state index in [0.717, 1.165) is 11.3 Å². The number of methoxy groups -OCH3 is 1. The maximum Gasteiger partial charge on any atom is 0.410 e. The van der Waals surface area contributed by atoms with Gasteiger partial charge in [-0.3, -0.25) is 0 Å². The largest absolute Gasteiger partial charge is 0.481 e. The summed E-state index contributed by atoms with van der Waals surface area (Å²) in [7, 11) is 1.49. The maximum absolute atomic E-state index is 13.7. The summed E-state index contributed by atoms with van der Waals surface area (Å²) in [6.07, 6.45) is -0.281. The predicted octanol–water partition coefficient (Wildman–Crippen LogP) is 2.79. The molecule has 2 heterocycles. The molecule has 0 radical (unpaired) electrons. The Hall–Kier alpha value is -2.83. The molecule has 126 valence electrons. The van der Waals surface area contributed by atoms with Crippen LogP contribution >= 0.6 is 0 Å². The van der Waals surface area contributed by atoms with Crippen molar-refractivity contribution in [1.29, 1.82) is 0 Å². The monoisotopic (exact) mass is 331 g/mol. The minimum Gasteiger partial charge on any atom is -0.481 e. The van der Waals surface area contributed by atoms with Gasteiger partial charge in [0.1, 0.15) is 12.4 Å². The van der Waals surface area contributed by atoms with Gasteiger partial charge < -0.3 is 19.7 Å². The first-order valence-electron chi connectivity index (χ1n) is 7.59. The van der Waals surface area contributed by atoms with Gasteiger partial charge in [-0.25, -0.2) is 14.2 Å². The zero-order valence-electron chi connectivity index (χ0n) is 13.3. The number of halogens is 1. The van der Waals surface area contributed by atoms with Crippen LogP contribution in [-0.2, 0) is 17.8 Å². The Bertz CT molecular complexity index is 722. The number of amides is 1. The quantitative estimate of drug-likeness (QED) is 0.882. The van der Waals surface area contributed by atoms with Crippen molar-refractivity contribution < 1.29 is 18.7 Å². The van der Waals surface area contributed by atoms with E-state index in [9.17, 15) is 9.18 Å². The molecule has 0 aliphatic carbocycles. The number of ether oxygens (including phenoxy) is 2. The van der Waals surface area contributed by atoms with Crippen molar-refractivity contribution in [3.05, 3.63) is 53.5 Å². The number of hydrogen-bond donors (Lipinski definition) is 1. The van der Waals surface area contributed by atoms with Gasteiger partial charge in [0, 0.05) is 18.3 Å². The van der Waals surface area contributed by atoms with Crippen LogP contribution in [0.3, 0.4) is 0 Å². The van der Waals surface area contributed by atoms with E-state index in [-0.39, 0.29) is 18.5 Å². The van der Waals surface area contributed by atoms with Crippen molar-refractivity contribution in [2.45, 2.75) is 13.1 Å². The molecule has 1 N–H and O–H groups in total. The van der Waals surface area contributed by atoms with Gasteiger partial charge in [0.15, 0.2) is 0 Å². The fourth-order valence-electron chi connectivity index (χ4n) is 2.41. The van der Waals surface area contributed by atoms with Crippen LogP contribution in [0.5, 0.6) is 5.88 Å². The number of hydrogen-bond acceptors (Lipinski definition) is 5. The maximum atomic E-state index is 13.7. The summed E-state index contributed by atoms with van der Waals surface area (Å²) in [6.45, 7) is 1.82. The molecule has 0 spiro atoms. The molecule has 1 aliphatic rings. The Balaban J connectivity index is 1.59. The molecular weight excluding hydrogens is 313 g/mol. The SMILES string of the molecule is COc1ccc(F)c(CNc2ccc(CN3CCOC3=O)cc2)n1. The molecule has 0 unspecified atom stereocenters. The van der Waals surface area contributed by atoms with Crippen molar-refractivity contribution in [2.75, 3.05) is 25.6 Å². The van der Waals surface area contributed by atoms with Crippen LogP contribution in [0.2, 0.25) is 0 Å². The third-order valence-corrected chi connectivity index (χ3v) is 3.73. The molecule has 1 aliphatic heterocycles. The highest BCUT2D eigenvalue weighted by atomic mass is 19.1. The zero-order valence-corrected chi connectivity index (χ0v) is 13.3. The molecule has 7 heteroatoms. The Morgan fingerprint density at radius 3 is 2.75 bits per heavy atom. The van der Waals surface area contributed by atoms with Gasteiger partial charge >= 0.3 is 6.09 Å². The number of cyclic esters (lactones) is 1. The fourth-order valence-corrected chi connectivity index (χ4v) is 2.41. The number of anilines is 1. The number of nitrogens with zero attached hydrogens (tertiary/aromatic N) is 2. The number of rotatable bonds is 6. The Morgan fingerprint density at radius 1 is 1.29 bits per heavy atom. The first-order chi connectivity index (χ1) is 11.7. The van der Waals surface area contributed by atoms with Crippen LogP contribution in [0.4, 0.5) is 14.9 Å². The second-order valence-electron chi connectivity index (χ2n) is 5.37. The van der Waals surface area contributed by atoms with E-state index >= 15 is 0 Å². The molecule has 0 bridgehead atoms.